The molecule has 256 valence electrons. The molecule has 0 aromatic heterocycles. The van der Waals surface area contributed by atoms with Crippen molar-refractivity contribution < 1.29 is 19.4 Å². The number of aliphatic hydroxyl groups excluding tert-OH is 1. The van der Waals surface area contributed by atoms with Gasteiger partial charge in [0.2, 0.25) is 11.8 Å². The third-order valence-corrected chi connectivity index (χ3v) is 9.48. The molecular weight excluding hydrogens is 633 g/mol. The monoisotopic (exact) mass is 674 g/mol. The van der Waals surface area contributed by atoms with Crippen LogP contribution in [0.5, 0.6) is 5.75 Å². The Kier molecular flexibility index (Phi) is 10.7. The zero-order valence-electron chi connectivity index (χ0n) is 29.0. The topological polar surface area (TPSA) is 87.7 Å². The molecule has 0 aliphatic heterocycles. The Bertz CT molecular complexity index is 1930. The molecule has 2 unspecified atom stereocenters. The van der Waals surface area contributed by atoms with Crippen molar-refractivity contribution in [3.8, 4) is 5.75 Å². The lowest BCUT2D eigenvalue weighted by atomic mass is 9.74. The van der Waals surface area contributed by atoms with Gasteiger partial charge in [0.15, 0.2) is 0 Å². The molecule has 51 heavy (non-hydrogen) atoms. The Morgan fingerprint density at radius 3 is 1.45 bits per heavy atom. The van der Waals surface area contributed by atoms with Gasteiger partial charge in [-0.25, -0.2) is 0 Å². The molecule has 2 atom stereocenters. The molecular formula is C45H42N2O4. The summed E-state index contributed by atoms with van der Waals surface area (Å²) in [6.45, 7) is 4.03. The quantitative estimate of drug-likeness (QED) is 0.121. The number of benzene rings is 6. The number of methoxy groups -OCH3 is 1. The predicted octanol–water partition coefficient (Wildman–Crippen LogP) is 9.05. The highest BCUT2D eigenvalue weighted by Crippen LogP contribution is 2.41. The lowest BCUT2D eigenvalue weighted by molar-refractivity contribution is -0.117. The molecule has 3 N–H and O–H groups in total. The molecule has 0 aliphatic carbocycles. The summed E-state index contributed by atoms with van der Waals surface area (Å²) in [5.74, 6) is -1.11. The van der Waals surface area contributed by atoms with E-state index in [1.165, 1.54) is 0 Å². The Labute approximate surface area is 299 Å². The zero-order chi connectivity index (χ0) is 35.8. The number of rotatable bonds is 12. The maximum absolute atomic E-state index is 14.1. The summed E-state index contributed by atoms with van der Waals surface area (Å²) in [4.78, 5) is 28.2. The summed E-state index contributed by atoms with van der Waals surface area (Å²) < 4.78 is 5.87. The van der Waals surface area contributed by atoms with Crippen molar-refractivity contribution in [2.24, 2.45) is 0 Å². The van der Waals surface area contributed by atoms with E-state index in [2.05, 4.69) is 30.5 Å². The van der Waals surface area contributed by atoms with Crippen molar-refractivity contribution in [1.82, 2.24) is 0 Å². The molecule has 6 heteroatoms. The van der Waals surface area contributed by atoms with Crippen molar-refractivity contribution in [3.05, 3.63) is 197 Å². The van der Waals surface area contributed by atoms with Gasteiger partial charge in [0.05, 0.1) is 25.6 Å². The van der Waals surface area contributed by atoms with Crippen LogP contribution in [0.1, 0.15) is 64.6 Å². The van der Waals surface area contributed by atoms with Crippen molar-refractivity contribution >= 4 is 23.2 Å². The van der Waals surface area contributed by atoms with Crippen molar-refractivity contribution in [1.29, 1.82) is 0 Å². The zero-order valence-corrected chi connectivity index (χ0v) is 29.0. The summed E-state index contributed by atoms with van der Waals surface area (Å²) >= 11 is 0. The summed E-state index contributed by atoms with van der Waals surface area (Å²) in [6.07, 6.45) is 0. The molecule has 0 spiro atoms. The first-order valence-electron chi connectivity index (χ1n) is 17.0. The molecule has 0 bridgehead atoms. The van der Waals surface area contributed by atoms with E-state index in [1.54, 1.807) is 7.11 Å². The minimum absolute atomic E-state index is 0.176. The number of hydrogen-bond donors (Lipinski definition) is 3. The van der Waals surface area contributed by atoms with Crippen molar-refractivity contribution in [3.63, 3.8) is 0 Å². The summed E-state index contributed by atoms with van der Waals surface area (Å²) in [7, 11) is 1.62. The highest BCUT2D eigenvalue weighted by atomic mass is 16.5. The second-order valence-electron chi connectivity index (χ2n) is 13.1. The second kappa shape index (κ2) is 15.7. The number of anilines is 2. The van der Waals surface area contributed by atoms with Gasteiger partial charge in [-0.2, -0.15) is 0 Å². The van der Waals surface area contributed by atoms with Crippen LogP contribution in [0.4, 0.5) is 11.4 Å². The fourth-order valence-corrected chi connectivity index (χ4v) is 6.62. The maximum atomic E-state index is 14.1. The van der Waals surface area contributed by atoms with Gasteiger partial charge in [0.1, 0.15) is 5.75 Å². The Balaban J connectivity index is 1.44. The van der Waals surface area contributed by atoms with Crippen LogP contribution >= 0.6 is 0 Å². The molecule has 0 aliphatic rings. The van der Waals surface area contributed by atoms with E-state index in [4.69, 9.17) is 4.74 Å². The number of hydrogen-bond acceptors (Lipinski definition) is 4. The maximum Gasteiger partial charge on any atom is 0.236 e. The number of aliphatic hydroxyl groups is 1. The fourth-order valence-electron chi connectivity index (χ4n) is 6.62. The lowest BCUT2D eigenvalue weighted by Gasteiger charge is -2.30. The van der Waals surface area contributed by atoms with E-state index in [-0.39, 0.29) is 18.4 Å². The standard InChI is InChI=1S/C45H42N2O4/c1-45(2,34-25-24-33(30-48)38(28-34)41(31-16-8-4-9-17-31)43(49)46-36-20-12-6-13-21-36)35-26-27-40(51-3)39(29-35)42(32-18-10-5-11-19-32)44(50)47-37-22-14-7-15-23-37/h4-29,41-42,48H,30H2,1-3H3,(H,46,49)(H,47,50). The first kappa shape index (κ1) is 34.9. The second-order valence-corrected chi connectivity index (χ2v) is 13.1. The largest absolute Gasteiger partial charge is 0.496 e. The molecule has 0 radical (unpaired) electrons. The van der Waals surface area contributed by atoms with E-state index in [9.17, 15) is 14.7 Å². The van der Waals surface area contributed by atoms with Gasteiger partial charge in [-0.3, -0.25) is 9.59 Å². The molecule has 6 aromatic carbocycles. The van der Waals surface area contributed by atoms with Crippen LogP contribution in [0.25, 0.3) is 0 Å². The van der Waals surface area contributed by atoms with E-state index >= 15 is 0 Å². The van der Waals surface area contributed by atoms with Crippen LogP contribution < -0.4 is 15.4 Å². The number of amides is 2. The van der Waals surface area contributed by atoms with Gasteiger partial charge in [-0.15, -0.1) is 0 Å². The average molecular weight is 675 g/mol. The first-order valence-corrected chi connectivity index (χ1v) is 17.0. The number of carbonyl (C=O) groups excluding carboxylic acids is 2. The van der Waals surface area contributed by atoms with Gasteiger partial charge in [-0.05, 0) is 63.7 Å². The molecule has 0 fully saturated rings. The fraction of sp³-hybridized carbons (Fsp3) is 0.156. The number of para-hydroxylation sites is 2. The first-order chi connectivity index (χ1) is 24.8. The minimum atomic E-state index is -0.681. The molecule has 6 aromatic rings. The Morgan fingerprint density at radius 2 is 1.00 bits per heavy atom. The Morgan fingerprint density at radius 1 is 0.588 bits per heavy atom. The minimum Gasteiger partial charge on any atom is -0.496 e. The van der Waals surface area contributed by atoms with Crippen molar-refractivity contribution in [2.75, 3.05) is 17.7 Å². The van der Waals surface area contributed by atoms with Crippen LogP contribution in [0, 0.1) is 0 Å². The lowest BCUT2D eigenvalue weighted by Crippen LogP contribution is -2.26. The third kappa shape index (κ3) is 7.77. The van der Waals surface area contributed by atoms with Crippen LogP contribution in [-0.4, -0.2) is 24.0 Å². The van der Waals surface area contributed by atoms with E-state index in [0.717, 1.165) is 33.4 Å². The Hall–Kier alpha value is -5.98. The molecule has 6 rings (SSSR count). The van der Waals surface area contributed by atoms with E-state index in [1.807, 2.05) is 152 Å². The summed E-state index contributed by atoms with van der Waals surface area (Å²) in [5, 5.41) is 16.7. The highest BCUT2D eigenvalue weighted by Gasteiger charge is 2.32. The van der Waals surface area contributed by atoms with Crippen LogP contribution in [-0.2, 0) is 21.6 Å². The van der Waals surface area contributed by atoms with Gasteiger partial charge < -0.3 is 20.5 Å². The normalized spacial score (nSPS) is 12.4. The number of nitrogens with one attached hydrogen (secondary N) is 2. The molecule has 0 saturated heterocycles. The number of ether oxygens (including phenoxy) is 1. The number of carbonyl (C=O) groups is 2. The van der Waals surface area contributed by atoms with Gasteiger partial charge in [-0.1, -0.05) is 141 Å². The van der Waals surface area contributed by atoms with Crippen LogP contribution in [0.15, 0.2) is 158 Å². The summed E-state index contributed by atoms with van der Waals surface area (Å²) in [6, 6.07) is 50.1. The van der Waals surface area contributed by atoms with Crippen molar-refractivity contribution in [2.45, 2.75) is 37.7 Å². The van der Waals surface area contributed by atoms with Crippen LogP contribution in [0.3, 0.4) is 0 Å². The summed E-state index contributed by atoms with van der Waals surface area (Å²) in [5.41, 5.74) is 6.51. The molecule has 0 heterocycles. The third-order valence-electron chi connectivity index (χ3n) is 9.48. The SMILES string of the molecule is COc1ccc(C(C)(C)c2ccc(CO)c(C(C(=O)Nc3ccccc3)c3ccccc3)c2)cc1C(C(=O)Nc1ccccc1)c1ccccc1. The van der Waals surface area contributed by atoms with Gasteiger partial charge >= 0.3 is 0 Å². The smallest absolute Gasteiger partial charge is 0.236 e. The predicted molar refractivity (Wildman–Crippen MR) is 204 cm³/mol. The molecule has 2 amide bonds. The molecule has 0 saturated carbocycles. The van der Waals surface area contributed by atoms with Gasteiger partial charge in [0, 0.05) is 22.4 Å². The molecule has 6 nitrogen and oxygen atoms in total. The van der Waals surface area contributed by atoms with E-state index < -0.39 is 17.3 Å². The average Bonchev–Trinajstić information content (AvgIpc) is 3.16. The highest BCUT2D eigenvalue weighted by molar-refractivity contribution is 5.99. The van der Waals surface area contributed by atoms with Crippen LogP contribution in [0.2, 0.25) is 0 Å². The van der Waals surface area contributed by atoms with E-state index in [0.29, 0.717) is 22.7 Å². The van der Waals surface area contributed by atoms with Gasteiger partial charge in [0.25, 0.3) is 0 Å².